The zero-order valence-electron chi connectivity index (χ0n) is 11.3. The summed E-state index contributed by atoms with van der Waals surface area (Å²) < 4.78 is 0. The Labute approximate surface area is 119 Å². The zero-order chi connectivity index (χ0) is 14.0. The number of fused-ring (bicyclic) bond motifs is 1. The molecule has 2 atom stereocenters. The van der Waals surface area contributed by atoms with Crippen LogP contribution in [0.4, 0.5) is 0 Å². The molecule has 0 heterocycles. The van der Waals surface area contributed by atoms with Crippen molar-refractivity contribution in [3.63, 3.8) is 0 Å². The van der Waals surface area contributed by atoms with Crippen molar-refractivity contribution in [2.24, 2.45) is 0 Å². The largest absolute Gasteiger partial charge is 0.386 e. The van der Waals surface area contributed by atoms with Crippen molar-refractivity contribution in [1.29, 1.82) is 5.26 Å². The summed E-state index contributed by atoms with van der Waals surface area (Å²) in [4.78, 5) is 0. The number of rotatable bonds is 2. The topological polar surface area (TPSA) is 44.0 Å². The van der Waals surface area contributed by atoms with Crippen LogP contribution in [0.3, 0.4) is 0 Å². The molecule has 100 valence electrons. The molecule has 0 aliphatic heterocycles. The van der Waals surface area contributed by atoms with Gasteiger partial charge in [-0.1, -0.05) is 54.6 Å². The van der Waals surface area contributed by atoms with Crippen molar-refractivity contribution < 1.29 is 5.11 Å². The minimum absolute atomic E-state index is 0.705. The Balaban J connectivity index is 2.12. The number of aryl methyl sites for hydroxylation is 1. The van der Waals surface area contributed by atoms with Gasteiger partial charge in [0.15, 0.2) is 0 Å². The van der Waals surface area contributed by atoms with Crippen LogP contribution in [-0.2, 0) is 11.8 Å². The maximum Gasteiger partial charge on any atom is 0.112 e. The van der Waals surface area contributed by atoms with E-state index in [1.165, 1.54) is 5.56 Å². The monoisotopic (exact) mass is 263 g/mol. The van der Waals surface area contributed by atoms with Crippen LogP contribution in [0.5, 0.6) is 0 Å². The highest BCUT2D eigenvalue weighted by atomic mass is 16.3. The standard InChI is InChI=1S/C18H17NO/c19-13-18(17(20)15-8-2-1-3-9-15)12-6-10-14-7-4-5-11-16(14)18/h1-5,7-9,11,17,20H,6,10,12H2. The van der Waals surface area contributed by atoms with Crippen molar-refractivity contribution in [3.05, 3.63) is 71.3 Å². The molecule has 2 aromatic carbocycles. The smallest absolute Gasteiger partial charge is 0.112 e. The van der Waals surface area contributed by atoms with Crippen LogP contribution in [0.2, 0.25) is 0 Å². The number of hydrogen-bond acceptors (Lipinski definition) is 2. The average Bonchev–Trinajstić information content (AvgIpc) is 2.54. The molecular formula is C18H17NO. The summed E-state index contributed by atoms with van der Waals surface area (Å²) in [5.41, 5.74) is 2.17. The summed E-state index contributed by atoms with van der Waals surface area (Å²) >= 11 is 0. The van der Waals surface area contributed by atoms with Crippen LogP contribution in [-0.4, -0.2) is 5.11 Å². The van der Waals surface area contributed by atoms with E-state index in [1.54, 1.807) is 0 Å². The van der Waals surface area contributed by atoms with Crippen LogP contribution in [0.25, 0.3) is 0 Å². The first-order valence-electron chi connectivity index (χ1n) is 7.00. The number of benzene rings is 2. The highest BCUT2D eigenvalue weighted by Gasteiger charge is 2.43. The highest BCUT2D eigenvalue weighted by Crippen LogP contribution is 2.45. The van der Waals surface area contributed by atoms with E-state index < -0.39 is 11.5 Å². The summed E-state index contributed by atoms with van der Waals surface area (Å²) in [6.07, 6.45) is 1.85. The van der Waals surface area contributed by atoms with Crippen molar-refractivity contribution in [2.75, 3.05) is 0 Å². The van der Waals surface area contributed by atoms with Gasteiger partial charge in [-0.15, -0.1) is 0 Å². The Bertz CT molecular complexity index is 644. The molecule has 2 unspecified atom stereocenters. The molecule has 3 rings (SSSR count). The second kappa shape index (κ2) is 5.11. The van der Waals surface area contributed by atoms with Crippen LogP contribution in [0, 0.1) is 11.3 Å². The Morgan fingerprint density at radius 3 is 2.50 bits per heavy atom. The molecule has 0 amide bonds. The normalized spacial score (nSPS) is 22.6. The van der Waals surface area contributed by atoms with E-state index in [0.717, 1.165) is 24.0 Å². The van der Waals surface area contributed by atoms with Gasteiger partial charge in [-0.05, 0) is 36.0 Å². The van der Waals surface area contributed by atoms with Gasteiger partial charge in [0.2, 0.25) is 0 Å². The lowest BCUT2D eigenvalue weighted by Gasteiger charge is -2.37. The van der Waals surface area contributed by atoms with Gasteiger partial charge in [0.25, 0.3) is 0 Å². The van der Waals surface area contributed by atoms with E-state index in [0.29, 0.717) is 6.42 Å². The Kier molecular flexibility index (Phi) is 3.30. The fourth-order valence-electron chi connectivity index (χ4n) is 3.25. The van der Waals surface area contributed by atoms with Crippen molar-refractivity contribution in [2.45, 2.75) is 30.8 Å². The molecule has 1 aliphatic carbocycles. The second-order valence-electron chi connectivity index (χ2n) is 5.41. The number of aliphatic hydroxyl groups is 1. The number of aliphatic hydroxyl groups excluding tert-OH is 1. The molecular weight excluding hydrogens is 246 g/mol. The highest BCUT2D eigenvalue weighted by molar-refractivity contribution is 5.45. The van der Waals surface area contributed by atoms with Crippen LogP contribution in [0.15, 0.2) is 54.6 Å². The summed E-state index contributed by atoms with van der Waals surface area (Å²) in [5.74, 6) is 0. The lowest BCUT2D eigenvalue weighted by molar-refractivity contribution is 0.0996. The number of nitriles is 1. The van der Waals surface area contributed by atoms with Gasteiger partial charge < -0.3 is 5.11 Å². The first kappa shape index (κ1) is 12.9. The lowest BCUT2D eigenvalue weighted by Crippen LogP contribution is -2.36. The molecule has 2 nitrogen and oxygen atoms in total. The van der Waals surface area contributed by atoms with Gasteiger partial charge in [-0.25, -0.2) is 0 Å². The third-order valence-electron chi connectivity index (χ3n) is 4.30. The molecule has 2 aromatic rings. The molecule has 1 N–H and O–H groups in total. The van der Waals surface area contributed by atoms with Gasteiger partial charge in [-0.2, -0.15) is 5.26 Å². The predicted molar refractivity (Wildman–Crippen MR) is 78.1 cm³/mol. The Morgan fingerprint density at radius 1 is 1.05 bits per heavy atom. The van der Waals surface area contributed by atoms with Crippen molar-refractivity contribution in [1.82, 2.24) is 0 Å². The summed E-state index contributed by atoms with van der Waals surface area (Å²) in [6.45, 7) is 0. The average molecular weight is 263 g/mol. The number of hydrogen-bond donors (Lipinski definition) is 1. The SMILES string of the molecule is N#CC1(C(O)c2ccccc2)CCCc2ccccc21. The second-order valence-corrected chi connectivity index (χ2v) is 5.41. The fraction of sp³-hybridized carbons (Fsp3) is 0.278. The van der Waals surface area contributed by atoms with Gasteiger partial charge in [-0.3, -0.25) is 0 Å². The van der Waals surface area contributed by atoms with E-state index in [9.17, 15) is 10.4 Å². The van der Waals surface area contributed by atoms with E-state index in [1.807, 2.05) is 48.5 Å². The van der Waals surface area contributed by atoms with Gasteiger partial charge in [0, 0.05) is 0 Å². The molecule has 0 bridgehead atoms. The third-order valence-corrected chi connectivity index (χ3v) is 4.30. The number of nitrogens with zero attached hydrogens (tertiary/aromatic N) is 1. The first-order valence-corrected chi connectivity index (χ1v) is 7.00. The van der Waals surface area contributed by atoms with Gasteiger partial charge in [0.1, 0.15) is 11.5 Å². The lowest BCUT2D eigenvalue weighted by atomic mass is 9.66. The predicted octanol–water partition coefficient (Wildman–Crippen LogP) is 3.52. The summed E-state index contributed by atoms with van der Waals surface area (Å²) in [7, 11) is 0. The van der Waals surface area contributed by atoms with Crippen molar-refractivity contribution >= 4 is 0 Å². The van der Waals surface area contributed by atoms with E-state index in [4.69, 9.17) is 0 Å². The molecule has 0 saturated heterocycles. The summed E-state index contributed by atoms with van der Waals surface area (Å²) in [6, 6.07) is 19.9. The molecule has 20 heavy (non-hydrogen) atoms. The molecule has 0 radical (unpaired) electrons. The van der Waals surface area contributed by atoms with Crippen LogP contribution < -0.4 is 0 Å². The Morgan fingerprint density at radius 2 is 1.75 bits per heavy atom. The first-order chi connectivity index (χ1) is 9.78. The van der Waals surface area contributed by atoms with E-state index in [-0.39, 0.29) is 0 Å². The summed E-state index contributed by atoms with van der Waals surface area (Å²) in [5, 5.41) is 20.6. The fourth-order valence-corrected chi connectivity index (χ4v) is 3.25. The molecule has 0 aromatic heterocycles. The van der Waals surface area contributed by atoms with Gasteiger partial charge >= 0.3 is 0 Å². The quantitative estimate of drug-likeness (QED) is 0.901. The van der Waals surface area contributed by atoms with E-state index >= 15 is 0 Å². The maximum absolute atomic E-state index is 10.8. The molecule has 1 aliphatic rings. The molecule has 0 fully saturated rings. The van der Waals surface area contributed by atoms with Crippen LogP contribution in [0.1, 0.15) is 35.6 Å². The third kappa shape index (κ3) is 1.92. The van der Waals surface area contributed by atoms with Gasteiger partial charge in [0.05, 0.1) is 6.07 Å². The maximum atomic E-state index is 10.8. The zero-order valence-corrected chi connectivity index (χ0v) is 11.3. The molecule has 2 heteroatoms. The van der Waals surface area contributed by atoms with Crippen LogP contribution >= 0.6 is 0 Å². The van der Waals surface area contributed by atoms with Crippen molar-refractivity contribution in [3.8, 4) is 6.07 Å². The minimum atomic E-state index is -0.823. The minimum Gasteiger partial charge on any atom is -0.386 e. The molecule has 0 saturated carbocycles. The van der Waals surface area contributed by atoms with E-state index in [2.05, 4.69) is 12.1 Å². The Hall–Kier alpha value is -2.11. The molecule has 0 spiro atoms.